The summed E-state index contributed by atoms with van der Waals surface area (Å²) in [5.41, 5.74) is 1.19. The molecule has 2 nitrogen and oxygen atoms in total. The summed E-state index contributed by atoms with van der Waals surface area (Å²) in [6.45, 7) is 1.34. The normalized spacial score (nSPS) is 18.8. The van der Waals surface area contributed by atoms with E-state index in [9.17, 15) is 0 Å². The van der Waals surface area contributed by atoms with Crippen LogP contribution in [0.25, 0.3) is 0 Å². The summed E-state index contributed by atoms with van der Waals surface area (Å²) >= 11 is 3.46. The van der Waals surface area contributed by atoms with E-state index in [1.807, 2.05) is 12.1 Å². The fourth-order valence-corrected chi connectivity index (χ4v) is 2.14. The Morgan fingerprint density at radius 2 is 2.47 bits per heavy atom. The first-order valence-electron chi connectivity index (χ1n) is 4.90. The maximum absolute atomic E-state index is 5.58. The molecule has 1 heterocycles. The predicted molar refractivity (Wildman–Crippen MR) is 63.8 cm³/mol. The van der Waals surface area contributed by atoms with Gasteiger partial charge in [0.05, 0.1) is 13.2 Å². The van der Waals surface area contributed by atoms with Crippen molar-refractivity contribution in [2.75, 3.05) is 13.2 Å². The molecule has 1 aromatic rings. The van der Waals surface area contributed by atoms with Crippen molar-refractivity contribution in [3.63, 3.8) is 0 Å². The number of nitrogens with one attached hydrogen (secondary N) is 1. The molecule has 0 bridgehead atoms. The largest absolute Gasteiger partial charge is 0.493 e. The van der Waals surface area contributed by atoms with Crippen molar-refractivity contribution >= 4 is 15.9 Å². The summed E-state index contributed by atoms with van der Waals surface area (Å²) in [6.07, 6.45) is 6.21. The molecular weight excluding hydrogens is 254 g/mol. The fraction of sp³-hybridized carbons (Fsp3) is 0.333. The van der Waals surface area contributed by atoms with Gasteiger partial charge in [0.15, 0.2) is 0 Å². The molecule has 1 aromatic carbocycles. The van der Waals surface area contributed by atoms with E-state index in [0.29, 0.717) is 12.6 Å². The van der Waals surface area contributed by atoms with Gasteiger partial charge in [-0.2, -0.15) is 0 Å². The summed E-state index contributed by atoms with van der Waals surface area (Å²) in [6, 6.07) is 6.37. The number of terminal acetylenes is 1. The van der Waals surface area contributed by atoms with Crippen LogP contribution in [0.1, 0.15) is 18.0 Å². The summed E-state index contributed by atoms with van der Waals surface area (Å²) in [4.78, 5) is 0. The van der Waals surface area contributed by atoms with Crippen molar-refractivity contribution in [1.29, 1.82) is 0 Å². The zero-order valence-corrected chi connectivity index (χ0v) is 9.88. The Hall–Kier alpha value is -0.980. The van der Waals surface area contributed by atoms with Gasteiger partial charge in [-0.1, -0.05) is 21.9 Å². The predicted octanol–water partition coefficient (Wildman–Crippen LogP) is 2.50. The lowest BCUT2D eigenvalue weighted by Gasteiger charge is -2.26. The molecule has 2 rings (SSSR count). The van der Waals surface area contributed by atoms with Crippen LogP contribution in [0.15, 0.2) is 22.7 Å². The lowest BCUT2D eigenvalue weighted by Crippen LogP contribution is -2.27. The highest BCUT2D eigenvalue weighted by Crippen LogP contribution is 2.33. The zero-order chi connectivity index (χ0) is 10.7. The number of ether oxygens (including phenoxy) is 1. The van der Waals surface area contributed by atoms with E-state index in [2.05, 4.69) is 33.2 Å². The molecule has 1 atom stereocenters. The first kappa shape index (κ1) is 10.5. The second-order valence-corrected chi connectivity index (χ2v) is 4.37. The monoisotopic (exact) mass is 265 g/mol. The van der Waals surface area contributed by atoms with Gasteiger partial charge in [0, 0.05) is 22.5 Å². The number of hydrogen-bond acceptors (Lipinski definition) is 2. The van der Waals surface area contributed by atoms with Crippen molar-refractivity contribution in [3.05, 3.63) is 28.2 Å². The van der Waals surface area contributed by atoms with E-state index in [1.165, 1.54) is 5.56 Å². The molecule has 0 fully saturated rings. The van der Waals surface area contributed by atoms with E-state index >= 15 is 0 Å². The van der Waals surface area contributed by atoms with E-state index < -0.39 is 0 Å². The minimum Gasteiger partial charge on any atom is -0.493 e. The molecule has 0 aliphatic carbocycles. The van der Waals surface area contributed by atoms with Gasteiger partial charge < -0.3 is 4.74 Å². The lowest BCUT2D eigenvalue weighted by atomic mass is 10.0. The van der Waals surface area contributed by atoms with Crippen molar-refractivity contribution in [1.82, 2.24) is 5.32 Å². The highest BCUT2D eigenvalue weighted by atomic mass is 79.9. The minimum atomic E-state index is 0.308. The molecule has 0 saturated carbocycles. The third-order valence-electron chi connectivity index (χ3n) is 2.46. The molecule has 1 aliphatic heterocycles. The highest BCUT2D eigenvalue weighted by Gasteiger charge is 2.20. The molecular formula is C12H12BrNO. The van der Waals surface area contributed by atoms with Crippen molar-refractivity contribution in [2.24, 2.45) is 0 Å². The fourth-order valence-electron chi connectivity index (χ4n) is 1.76. The molecule has 0 radical (unpaired) electrons. The molecule has 0 aromatic heterocycles. The van der Waals surface area contributed by atoms with E-state index in [1.54, 1.807) is 0 Å². The van der Waals surface area contributed by atoms with Gasteiger partial charge >= 0.3 is 0 Å². The van der Waals surface area contributed by atoms with Crippen LogP contribution in [0.4, 0.5) is 0 Å². The third kappa shape index (κ3) is 2.34. The van der Waals surface area contributed by atoms with E-state index in [4.69, 9.17) is 11.2 Å². The third-order valence-corrected chi connectivity index (χ3v) is 2.96. The highest BCUT2D eigenvalue weighted by molar-refractivity contribution is 9.10. The molecule has 3 heteroatoms. The van der Waals surface area contributed by atoms with E-state index in [0.717, 1.165) is 23.2 Å². The topological polar surface area (TPSA) is 21.3 Å². The van der Waals surface area contributed by atoms with Crippen LogP contribution in [0.2, 0.25) is 0 Å². The van der Waals surface area contributed by atoms with Crippen LogP contribution in [-0.4, -0.2) is 13.2 Å². The summed E-state index contributed by atoms with van der Waals surface area (Å²) in [5.74, 6) is 3.55. The molecule has 0 unspecified atom stereocenters. The van der Waals surface area contributed by atoms with Crippen molar-refractivity contribution in [2.45, 2.75) is 12.5 Å². The van der Waals surface area contributed by atoms with Gasteiger partial charge in [0.2, 0.25) is 0 Å². The van der Waals surface area contributed by atoms with Crippen LogP contribution < -0.4 is 10.1 Å². The maximum Gasteiger partial charge on any atom is 0.124 e. The smallest absolute Gasteiger partial charge is 0.124 e. The summed E-state index contributed by atoms with van der Waals surface area (Å²) < 4.78 is 6.64. The minimum absolute atomic E-state index is 0.308. The molecule has 1 N–H and O–H groups in total. The Labute approximate surface area is 98.1 Å². The molecule has 0 amide bonds. The first-order valence-corrected chi connectivity index (χ1v) is 5.69. The van der Waals surface area contributed by atoms with Gasteiger partial charge in [0.25, 0.3) is 0 Å². The van der Waals surface area contributed by atoms with Crippen molar-refractivity contribution < 1.29 is 4.74 Å². The zero-order valence-electron chi connectivity index (χ0n) is 8.29. The Kier molecular flexibility index (Phi) is 3.30. The molecule has 0 spiro atoms. The van der Waals surface area contributed by atoms with Gasteiger partial charge in [-0.15, -0.1) is 6.42 Å². The second kappa shape index (κ2) is 4.69. The Balaban J connectivity index is 2.25. The SMILES string of the molecule is C#CCN[C@@H]1CCOc2ccc(Br)cc21. The van der Waals surface area contributed by atoms with Crippen LogP contribution in [0.3, 0.4) is 0 Å². The molecule has 78 valence electrons. The van der Waals surface area contributed by atoms with Gasteiger partial charge in [-0.3, -0.25) is 5.32 Å². The lowest BCUT2D eigenvalue weighted by molar-refractivity contribution is 0.255. The maximum atomic E-state index is 5.58. The van der Waals surface area contributed by atoms with E-state index in [-0.39, 0.29) is 0 Å². The Morgan fingerprint density at radius 1 is 1.60 bits per heavy atom. The van der Waals surface area contributed by atoms with Gasteiger partial charge in [-0.05, 0) is 18.2 Å². The molecule has 1 aliphatic rings. The van der Waals surface area contributed by atoms with Crippen LogP contribution >= 0.6 is 15.9 Å². The average molecular weight is 266 g/mol. The quantitative estimate of drug-likeness (QED) is 0.830. The Morgan fingerprint density at radius 3 is 3.27 bits per heavy atom. The number of fused-ring (bicyclic) bond motifs is 1. The molecule has 15 heavy (non-hydrogen) atoms. The van der Waals surface area contributed by atoms with Gasteiger partial charge in [-0.25, -0.2) is 0 Å². The van der Waals surface area contributed by atoms with Crippen LogP contribution in [-0.2, 0) is 0 Å². The number of benzene rings is 1. The number of hydrogen-bond donors (Lipinski definition) is 1. The van der Waals surface area contributed by atoms with Crippen molar-refractivity contribution in [3.8, 4) is 18.1 Å². The standard InChI is InChI=1S/C12H12BrNO/c1-2-6-14-11-5-7-15-12-4-3-9(13)8-10(11)12/h1,3-4,8,11,14H,5-7H2/t11-/m1/s1. The van der Waals surface area contributed by atoms with Gasteiger partial charge in [0.1, 0.15) is 5.75 Å². The Bertz CT molecular complexity index is 397. The molecule has 0 saturated heterocycles. The summed E-state index contributed by atoms with van der Waals surface area (Å²) in [5, 5.41) is 3.32. The average Bonchev–Trinajstić information content (AvgIpc) is 2.26. The second-order valence-electron chi connectivity index (χ2n) is 3.46. The number of rotatable bonds is 2. The van der Waals surface area contributed by atoms with Crippen LogP contribution in [0.5, 0.6) is 5.75 Å². The first-order chi connectivity index (χ1) is 7.31. The van der Waals surface area contributed by atoms with Crippen LogP contribution in [0, 0.1) is 12.3 Å². The summed E-state index contributed by atoms with van der Waals surface area (Å²) in [7, 11) is 0. The number of halogens is 1.